The number of aromatic nitrogens is 2. The molecule has 0 amide bonds. The lowest BCUT2D eigenvalue weighted by Gasteiger charge is -2.03. The van der Waals surface area contributed by atoms with E-state index in [1.165, 1.54) is 18.2 Å². The zero-order valence-electron chi connectivity index (χ0n) is 7.00. The van der Waals surface area contributed by atoms with Crippen LogP contribution in [0.2, 0.25) is 0 Å². The lowest BCUT2D eigenvalue weighted by molar-refractivity contribution is 0.520. The van der Waals surface area contributed by atoms with Crippen molar-refractivity contribution in [3.8, 4) is 5.69 Å². The molecule has 0 aliphatic carbocycles. The molecule has 0 aliphatic heterocycles. The van der Waals surface area contributed by atoms with Crippen LogP contribution in [0.5, 0.6) is 0 Å². The third kappa shape index (κ3) is 1.32. The van der Waals surface area contributed by atoms with Gasteiger partial charge < -0.3 is 0 Å². The fraction of sp³-hybridized carbons (Fsp3) is 0. The second-order valence-electron chi connectivity index (χ2n) is 2.73. The summed E-state index contributed by atoms with van der Waals surface area (Å²) in [6.07, 6.45) is 0. The Balaban J connectivity index is 2.66. The average molecular weight is 196 g/mol. The van der Waals surface area contributed by atoms with E-state index in [-0.39, 0.29) is 5.69 Å². The number of benzene rings is 1. The molecule has 0 aliphatic rings. The molecular formula is C9H6F2N2O. The molecule has 0 bridgehead atoms. The third-order valence-electron chi connectivity index (χ3n) is 1.78. The van der Waals surface area contributed by atoms with Gasteiger partial charge in [0.15, 0.2) is 0 Å². The van der Waals surface area contributed by atoms with Crippen molar-refractivity contribution in [1.82, 2.24) is 9.78 Å². The van der Waals surface area contributed by atoms with Gasteiger partial charge in [-0.15, -0.1) is 0 Å². The van der Waals surface area contributed by atoms with E-state index in [1.54, 1.807) is 6.07 Å². The number of H-pyrrole nitrogens is 1. The van der Waals surface area contributed by atoms with Gasteiger partial charge in [-0.1, -0.05) is 12.1 Å². The van der Waals surface area contributed by atoms with Crippen molar-refractivity contribution in [1.29, 1.82) is 0 Å². The van der Waals surface area contributed by atoms with E-state index in [0.29, 0.717) is 0 Å². The Morgan fingerprint density at radius 3 is 2.50 bits per heavy atom. The van der Waals surface area contributed by atoms with Gasteiger partial charge in [-0.25, -0.2) is 9.07 Å². The zero-order valence-corrected chi connectivity index (χ0v) is 7.00. The smallest absolute Gasteiger partial charge is 0.267 e. The van der Waals surface area contributed by atoms with Gasteiger partial charge in [0, 0.05) is 0 Å². The maximum absolute atomic E-state index is 13.2. The van der Waals surface area contributed by atoms with Gasteiger partial charge >= 0.3 is 0 Å². The summed E-state index contributed by atoms with van der Waals surface area (Å²) in [5.41, 5.74) is -0.627. The van der Waals surface area contributed by atoms with Crippen molar-refractivity contribution in [2.45, 2.75) is 0 Å². The molecule has 0 saturated heterocycles. The highest BCUT2D eigenvalue weighted by Gasteiger charge is 2.08. The lowest BCUT2D eigenvalue weighted by atomic mass is 10.3. The minimum Gasteiger partial charge on any atom is -0.268 e. The van der Waals surface area contributed by atoms with Crippen molar-refractivity contribution in [3.05, 3.63) is 52.5 Å². The monoisotopic (exact) mass is 196 g/mol. The molecule has 1 N–H and O–H groups in total. The predicted molar refractivity (Wildman–Crippen MR) is 46.3 cm³/mol. The number of aromatic amines is 1. The molecule has 5 heteroatoms. The van der Waals surface area contributed by atoms with E-state index in [0.717, 1.165) is 10.7 Å². The standard InChI is InChI=1S/C9H6F2N2O/c10-6-3-1-2-4-7(6)13-8(11)5-9(14)12-13/h1-5H,(H,12,14). The average Bonchev–Trinajstić information content (AvgIpc) is 2.46. The zero-order chi connectivity index (χ0) is 10.1. The predicted octanol–water partition coefficient (Wildman–Crippen LogP) is 1.44. The number of hydrogen-bond donors (Lipinski definition) is 1. The normalized spacial score (nSPS) is 10.4. The summed E-state index contributed by atoms with van der Waals surface area (Å²) in [4.78, 5) is 10.8. The Kier molecular flexibility index (Phi) is 1.92. The maximum Gasteiger partial charge on any atom is 0.267 e. The van der Waals surface area contributed by atoms with Crippen LogP contribution in [0.25, 0.3) is 5.69 Å². The first-order valence-corrected chi connectivity index (χ1v) is 3.91. The van der Waals surface area contributed by atoms with Crippen molar-refractivity contribution in [2.24, 2.45) is 0 Å². The van der Waals surface area contributed by atoms with Crippen LogP contribution < -0.4 is 5.56 Å². The highest BCUT2D eigenvalue weighted by molar-refractivity contribution is 5.32. The minimum atomic E-state index is -0.819. The number of halogens is 2. The third-order valence-corrected chi connectivity index (χ3v) is 1.78. The van der Waals surface area contributed by atoms with Crippen LogP contribution in [0.4, 0.5) is 8.78 Å². The summed E-state index contributed by atoms with van der Waals surface area (Å²) in [6.45, 7) is 0. The van der Waals surface area contributed by atoms with Crippen LogP contribution in [-0.2, 0) is 0 Å². The van der Waals surface area contributed by atoms with Crippen molar-refractivity contribution >= 4 is 0 Å². The van der Waals surface area contributed by atoms with Gasteiger partial charge in [-0.3, -0.25) is 9.89 Å². The first-order valence-electron chi connectivity index (χ1n) is 3.91. The summed E-state index contributed by atoms with van der Waals surface area (Å²) >= 11 is 0. The first-order chi connectivity index (χ1) is 6.68. The van der Waals surface area contributed by atoms with Crippen LogP contribution in [0.1, 0.15) is 0 Å². The van der Waals surface area contributed by atoms with Crippen LogP contribution in [-0.4, -0.2) is 9.78 Å². The van der Waals surface area contributed by atoms with Gasteiger partial charge in [-0.05, 0) is 12.1 Å². The number of nitrogens with one attached hydrogen (secondary N) is 1. The number of nitrogens with zero attached hydrogens (tertiary/aromatic N) is 1. The Labute approximate surface area is 77.6 Å². The van der Waals surface area contributed by atoms with Gasteiger partial charge in [0.05, 0.1) is 6.07 Å². The van der Waals surface area contributed by atoms with Crippen molar-refractivity contribution < 1.29 is 8.78 Å². The largest absolute Gasteiger partial charge is 0.268 e. The molecule has 1 heterocycles. The molecule has 0 atom stereocenters. The van der Waals surface area contributed by atoms with Gasteiger partial charge in [-0.2, -0.15) is 4.39 Å². The van der Waals surface area contributed by atoms with Gasteiger partial charge in [0.2, 0.25) is 5.95 Å². The minimum absolute atomic E-state index is 0.0212. The Morgan fingerprint density at radius 2 is 1.93 bits per heavy atom. The molecule has 0 saturated carbocycles. The molecule has 2 aromatic rings. The molecule has 14 heavy (non-hydrogen) atoms. The van der Waals surface area contributed by atoms with E-state index >= 15 is 0 Å². The van der Waals surface area contributed by atoms with Gasteiger partial charge in [0.1, 0.15) is 11.5 Å². The summed E-state index contributed by atoms with van der Waals surface area (Å²) in [6, 6.07) is 6.35. The number of hydrogen-bond acceptors (Lipinski definition) is 1. The molecule has 0 unspecified atom stereocenters. The second kappa shape index (κ2) is 3.10. The summed E-state index contributed by atoms with van der Waals surface area (Å²) < 4.78 is 27.0. The molecule has 0 radical (unpaired) electrons. The second-order valence-corrected chi connectivity index (χ2v) is 2.73. The van der Waals surface area contributed by atoms with Crippen molar-refractivity contribution in [2.75, 3.05) is 0 Å². The highest BCUT2D eigenvalue weighted by atomic mass is 19.1. The summed E-state index contributed by atoms with van der Waals surface area (Å²) in [5, 5.41) is 2.15. The Hall–Kier alpha value is -1.91. The fourth-order valence-electron chi connectivity index (χ4n) is 1.18. The Morgan fingerprint density at radius 1 is 1.21 bits per heavy atom. The topological polar surface area (TPSA) is 37.8 Å². The van der Waals surface area contributed by atoms with E-state index in [1.807, 2.05) is 0 Å². The summed E-state index contributed by atoms with van der Waals surface area (Å²) in [5.74, 6) is -1.42. The molecule has 0 spiro atoms. The summed E-state index contributed by atoms with van der Waals surface area (Å²) in [7, 11) is 0. The van der Waals surface area contributed by atoms with Crippen LogP contribution in [0.15, 0.2) is 35.1 Å². The molecule has 3 nitrogen and oxygen atoms in total. The van der Waals surface area contributed by atoms with Crippen LogP contribution >= 0.6 is 0 Å². The first kappa shape index (κ1) is 8.68. The number of rotatable bonds is 1. The highest BCUT2D eigenvalue weighted by Crippen LogP contribution is 2.11. The van der Waals surface area contributed by atoms with Gasteiger partial charge in [0.25, 0.3) is 5.56 Å². The number of para-hydroxylation sites is 1. The Bertz CT molecular complexity index is 516. The molecule has 1 aromatic heterocycles. The molecule has 2 rings (SSSR count). The van der Waals surface area contributed by atoms with Crippen molar-refractivity contribution in [3.63, 3.8) is 0 Å². The van der Waals surface area contributed by atoms with Crippen LogP contribution in [0, 0.1) is 11.8 Å². The van der Waals surface area contributed by atoms with E-state index < -0.39 is 17.3 Å². The molecular weight excluding hydrogens is 190 g/mol. The van der Waals surface area contributed by atoms with E-state index in [9.17, 15) is 13.6 Å². The van der Waals surface area contributed by atoms with E-state index in [2.05, 4.69) is 5.10 Å². The maximum atomic E-state index is 13.2. The quantitative estimate of drug-likeness (QED) is 0.736. The fourth-order valence-corrected chi connectivity index (χ4v) is 1.18. The lowest BCUT2D eigenvalue weighted by Crippen LogP contribution is -2.06. The molecule has 0 fully saturated rings. The van der Waals surface area contributed by atoms with Crippen LogP contribution in [0.3, 0.4) is 0 Å². The SMILES string of the molecule is O=c1cc(F)n(-c2ccccc2F)[nH]1. The van der Waals surface area contributed by atoms with E-state index in [4.69, 9.17) is 0 Å². The molecule has 1 aromatic carbocycles. The molecule has 72 valence electrons.